The lowest BCUT2D eigenvalue weighted by molar-refractivity contribution is -0.385. The van der Waals surface area contributed by atoms with Gasteiger partial charge < -0.3 is 0 Å². The quantitative estimate of drug-likeness (QED) is 0.415. The van der Waals surface area contributed by atoms with E-state index in [0.717, 1.165) is 0 Å². The minimum absolute atomic E-state index is 0.0764. The Bertz CT molecular complexity index is 263. The predicted molar refractivity (Wildman–Crippen MR) is 51.7 cm³/mol. The minimum atomic E-state index is -0.445. The minimum Gasteiger partial charge on any atom is -0.258 e. The average molecular weight is 185 g/mol. The molecule has 12 heavy (non-hydrogen) atoms. The lowest BCUT2D eigenvalue weighted by Gasteiger charge is -1.90. The van der Waals surface area contributed by atoms with Crippen LogP contribution in [0.1, 0.15) is 13.8 Å². The van der Waals surface area contributed by atoms with Crippen LogP contribution in [0, 0.1) is 10.1 Å². The van der Waals surface area contributed by atoms with Crippen LogP contribution in [0.15, 0.2) is 29.2 Å². The fourth-order valence-corrected chi connectivity index (χ4v) is 0.825. The summed E-state index contributed by atoms with van der Waals surface area (Å²) < 4.78 is 0. The Kier molecular flexibility index (Phi) is 5.12. The van der Waals surface area contributed by atoms with Crippen LogP contribution in [0.2, 0.25) is 0 Å². The maximum atomic E-state index is 10.1. The SMILES string of the molecule is CC.O=[N+]([O-])c1cccc(S)c1. The maximum absolute atomic E-state index is 10.1. The number of nitro benzene ring substituents is 1. The van der Waals surface area contributed by atoms with Crippen LogP contribution in [0.3, 0.4) is 0 Å². The molecule has 0 saturated heterocycles. The fourth-order valence-electron chi connectivity index (χ4n) is 0.607. The molecular formula is C8H11NO2S. The average Bonchev–Trinajstić information content (AvgIpc) is 2.08. The van der Waals surface area contributed by atoms with Gasteiger partial charge in [0.25, 0.3) is 5.69 Å². The molecule has 0 aliphatic rings. The summed E-state index contributed by atoms with van der Waals surface area (Å²) in [6.45, 7) is 4.00. The highest BCUT2D eigenvalue weighted by Gasteiger charge is 2.02. The molecule has 0 bridgehead atoms. The number of hydrogen-bond donors (Lipinski definition) is 1. The van der Waals surface area contributed by atoms with Crippen molar-refractivity contribution >= 4 is 18.3 Å². The molecule has 0 atom stereocenters. The second kappa shape index (κ2) is 5.60. The van der Waals surface area contributed by atoms with E-state index in [0.29, 0.717) is 4.90 Å². The van der Waals surface area contributed by atoms with Crippen molar-refractivity contribution in [1.82, 2.24) is 0 Å². The van der Waals surface area contributed by atoms with Crippen LogP contribution >= 0.6 is 12.6 Å². The second-order valence-corrected chi connectivity index (χ2v) is 2.29. The zero-order valence-electron chi connectivity index (χ0n) is 7.02. The van der Waals surface area contributed by atoms with Crippen molar-refractivity contribution in [2.45, 2.75) is 18.7 Å². The van der Waals surface area contributed by atoms with Gasteiger partial charge in [-0.05, 0) is 6.07 Å². The van der Waals surface area contributed by atoms with E-state index in [2.05, 4.69) is 12.6 Å². The van der Waals surface area contributed by atoms with E-state index in [1.807, 2.05) is 13.8 Å². The highest BCUT2D eigenvalue weighted by atomic mass is 32.1. The molecule has 0 saturated carbocycles. The van der Waals surface area contributed by atoms with Gasteiger partial charge in [-0.2, -0.15) is 0 Å². The number of non-ortho nitro benzene ring substituents is 1. The van der Waals surface area contributed by atoms with Crippen LogP contribution in [-0.4, -0.2) is 4.92 Å². The van der Waals surface area contributed by atoms with Gasteiger partial charge in [0, 0.05) is 17.0 Å². The van der Waals surface area contributed by atoms with Crippen LogP contribution in [0.25, 0.3) is 0 Å². The summed E-state index contributed by atoms with van der Waals surface area (Å²) >= 11 is 3.94. The van der Waals surface area contributed by atoms with Crippen molar-refractivity contribution < 1.29 is 4.92 Å². The van der Waals surface area contributed by atoms with Crippen molar-refractivity contribution in [3.05, 3.63) is 34.4 Å². The molecular weight excluding hydrogens is 174 g/mol. The van der Waals surface area contributed by atoms with Crippen LogP contribution in [0.4, 0.5) is 5.69 Å². The van der Waals surface area contributed by atoms with Gasteiger partial charge in [0.1, 0.15) is 0 Å². The standard InChI is InChI=1S/C6H5NO2S.C2H6/c8-7(9)5-2-1-3-6(10)4-5;1-2/h1-4,10H;1-2H3. The lowest BCUT2D eigenvalue weighted by atomic mass is 10.3. The Morgan fingerprint density at radius 2 is 2.00 bits per heavy atom. The molecule has 0 heterocycles. The second-order valence-electron chi connectivity index (χ2n) is 1.78. The normalized spacial score (nSPS) is 8.25. The van der Waals surface area contributed by atoms with Gasteiger partial charge >= 0.3 is 0 Å². The van der Waals surface area contributed by atoms with Gasteiger partial charge in [0.2, 0.25) is 0 Å². The molecule has 0 unspecified atom stereocenters. The van der Waals surface area contributed by atoms with Crippen LogP contribution in [0.5, 0.6) is 0 Å². The van der Waals surface area contributed by atoms with Crippen LogP contribution < -0.4 is 0 Å². The molecule has 0 aliphatic carbocycles. The van der Waals surface area contributed by atoms with E-state index in [-0.39, 0.29) is 5.69 Å². The van der Waals surface area contributed by atoms with Crippen molar-refractivity contribution in [1.29, 1.82) is 0 Å². The van der Waals surface area contributed by atoms with Gasteiger partial charge in [-0.3, -0.25) is 10.1 Å². The maximum Gasteiger partial charge on any atom is 0.270 e. The van der Waals surface area contributed by atoms with Crippen molar-refractivity contribution in [2.75, 3.05) is 0 Å². The molecule has 0 fully saturated rings. The van der Waals surface area contributed by atoms with Gasteiger partial charge in [-0.15, -0.1) is 12.6 Å². The molecule has 3 nitrogen and oxygen atoms in total. The molecule has 0 aliphatic heterocycles. The number of nitrogens with zero attached hydrogens (tertiary/aromatic N) is 1. The Morgan fingerprint density at radius 3 is 2.33 bits per heavy atom. The first-order valence-corrected chi connectivity index (χ1v) is 4.08. The van der Waals surface area contributed by atoms with E-state index < -0.39 is 4.92 Å². The van der Waals surface area contributed by atoms with E-state index in [9.17, 15) is 10.1 Å². The van der Waals surface area contributed by atoms with E-state index in [4.69, 9.17) is 0 Å². The first kappa shape index (κ1) is 11.0. The predicted octanol–water partition coefficient (Wildman–Crippen LogP) is 2.91. The van der Waals surface area contributed by atoms with Crippen molar-refractivity contribution in [3.8, 4) is 0 Å². The molecule has 4 heteroatoms. The number of hydrogen-bond acceptors (Lipinski definition) is 3. The molecule has 0 aromatic heterocycles. The van der Waals surface area contributed by atoms with E-state index >= 15 is 0 Å². The Morgan fingerprint density at radius 1 is 1.42 bits per heavy atom. The van der Waals surface area contributed by atoms with Gasteiger partial charge in [0.15, 0.2) is 0 Å². The summed E-state index contributed by atoms with van der Waals surface area (Å²) in [5, 5.41) is 10.1. The van der Waals surface area contributed by atoms with E-state index in [1.54, 1.807) is 12.1 Å². The largest absolute Gasteiger partial charge is 0.270 e. The summed E-state index contributed by atoms with van der Waals surface area (Å²) in [6.07, 6.45) is 0. The molecule has 0 amide bonds. The third-order valence-corrected chi connectivity index (χ3v) is 1.32. The Balaban J connectivity index is 0.000000561. The topological polar surface area (TPSA) is 43.1 Å². The highest BCUT2D eigenvalue weighted by molar-refractivity contribution is 7.80. The Labute approximate surface area is 77.0 Å². The van der Waals surface area contributed by atoms with Gasteiger partial charge in [-0.1, -0.05) is 19.9 Å². The number of thiol groups is 1. The smallest absolute Gasteiger partial charge is 0.258 e. The molecule has 66 valence electrons. The first-order chi connectivity index (χ1) is 5.70. The molecule has 1 aromatic carbocycles. The molecule has 0 N–H and O–H groups in total. The summed E-state index contributed by atoms with van der Waals surface area (Å²) in [4.78, 5) is 10.3. The molecule has 0 spiro atoms. The lowest BCUT2D eigenvalue weighted by Crippen LogP contribution is -1.85. The first-order valence-electron chi connectivity index (χ1n) is 3.63. The van der Waals surface area contributed by atoms with Crippen molar-refractivity contribution in [2.24, 2.45) is 0 Å². The fraction of sp³-hybridized carbons (Fsp3) is 0.250. The summed E-state index contributed by atoms with van der Waals surface area (Å²) in [5.41, 5.74) is 0.0764. The highest BCUT2D eigenvalue weighted by Crippen LogP contribution is 2.14. The third kappa shape index (κ3) is 3.39. The molecule has 1 aromatic rings. The molecule has 0 radical (unpaired) electrons. The summed E-state index contributed by atoms with van der Waals surface area (Å²) in [6, 6.07) is 6.12. The van der Waals surface area contributed by atoms with Crippen molar-refractivity contribution in [3.63, 3.8) is 0 Å². The third-order valence-electron chi connectivity index (χ3n) is 1.04. The van der Waals surface area contributed by atoms with Gasteiger partial charge in [-0.25, -0.2) is 0 Å². The summed E-state index contributed by atoms with van der Waals surface area (Å²) in [5.74, 6) is 0. The summed E-state index contributed by atoms with van der Waals surface area (Å²) in [7, 11) is 0. The number of nitro groups is 1. The zero-order chi connectivity index (χ0) is 9.56. The van der Waals surface area contributed by atoms with Gasteiger partial charge in [0.05, 0.1) is 4.92 Å². The zero-order valence-corrected chi connectivity index (χ0v) is 7.91. The van der Waals surface area contributed by atoms with Crippen LogP contribution in [-0.2, 0) is 0 Å². The molecule has 1 rings (SSSR count). The number of rotatable bonds is 1. The monoisotopic (exact) mass is 185 g/mol. The Hall–Kier alpha value is -1.03. The number of benzene rings is 1. The van der Waals surface area contributed by atoms with E-state index in [1.165, 1.54) is 12.1 Å².